The second-order valence-electron chi connectivity index (χ2n) is 5.04. The number of methoxy groups -OCH3 is 1. The van der Waals surface area contributed by atoms with E-state index in [-0.39, 0.29) is 5.97 Å². The number of aryl methyl sites for hydroxylation is 1. The highest BCUT2D eigenvalue weighted by molar-refractivity contribution is 5.90. The molecule has 2 N–H and O–H groups in total. The lowest BCUT2D eigenvalue weighted by Crippen LogP contribution is -2.22. The van der Waals surface area contributed by atoms with Crippen molar-refractivity contribution in [3.8, 4) is 0 Å². The quantitative estimate of drug-likeness (QED) is 0.821. The maximum atomic E-state index is 11.5. The Bertz CT molecular complexity index is 438. The van der Waals surface area contributed by atoms with E-state index in [4.69, 9.17) is 4.74 Å². The number of carbonyl (C=O) groups is 1. The zero-order valence-corrected chi connectivity index (χ0v) is 11.7. The normalized spacial score (nSPS) is 19.6. The zero-order valence-electron chi connectivity index (χ0n) is 11.7. The van der Waals surface area contributed by atoms with Crippen LogP contribution >= 0.6 is 0 Å². The van der Waals surface area contributed by atoms with Gasteiger partial charge in [-0.25, -0.2) is 4.79 Å². The molecule has 1 saturated heterocycles. The second kappa shape index (κ2) is 6.57. The van der Waals surface area contributed by atoms with Crippen molar-refractivity contribution < 1.29 is 9.53 Å². The van der Waals surface area contributed by atoms with Gasteiger partial charge in [0.25, 0.3) is 0 Å². The van der Waals surface area contributed by atoms with Crippen molar-refractivity contribution in [2.75, 3.05) is 25.5 Å². The third-order valence-corrected chi connectivity index (χ3v) is 3.58. The number of rotatable bonds is 3. The highest BCUT2D eigenvalue weighted by Gasteiger charge is 2.13. The van der Waals surface area contributed by atoms with E-state index >= 15 is 0 Å². The van der Waals surface area contributed by atoms with Crippen LogP contribution in [0.4, 0.5) is 5.69 Å². The number of carbonyl (C=O) groups excluding carboxylic acids is 1. The Morgan fingerprint density at radius 2 is 2.21 bits per heavy atom. The fraction of sp³-hybridized carbons (Fsp3) is 0.533. The first kappa shape index (κ1) is 13.9. The molecule has 1 aliphatic heterocycles. The van der Waals surface area contributed by atoms with Gasteiger partial charge in [0.15, 0.2) is 0 Å². The standard InChI is InChI=1S/C15H22N2O2/c1-11-10-12(15(18)19-2)5-6-14(11)17-13-4-3-8-16-9-7-13/h5-6,10,13,16-17H,3-4,7-9H2,1-2H3. The number of ether oxygens (including phenoxy) is 1. The Kier molecular flexibility index (Phi) is 4.80. The van der Waals surface area contributed by atoms with Crippen molar-refractivity contribution in [1.82, 2.24) is 5.32 Å². The highest BCUT2D eigenvalue weighted by Crippen LogP contribution is 2.20. The number of anilines is 1. The van der Waals surface area contributed by atoms with Gasteiger partial charge in [-0.05, 0) is 63.0 Å². The Labute approximate surface area is 114 Å². The van der Waals surface area contributed by atoms with E-state index < -0.39 is 0 Å². The topological polar surface area (TPSA) is 50.4 Å². The average molecular weight is 262 g/mol. The minimum atomic E-state index is -0.284. The zero-order chi connectivity index (χ0) is 13.7. The van der Waals surface area contributed by atoms with E-state index in [2.05, 4.69) is 10.6 Å². The number of nitrogens with one attached hydrogen (secondary N) is 2. The van der Waals surface area contributed by atoms with E-state index in [0.717, 1.165) is 30.8 Å². The minimum Gasteiger partial charge on any atom is -0.465 e. The molecule has 1 aromatic rings. The summed E-state index contributed by atoms with van der Waals surface area (Å²) in [7, 11) is 1.41. The molecule has 1 atom stereocenters. The highest BCUT2D eigenvalue weighted by atomic mass is 16.5. The van der Waals surface area contributed by atoms with Crippen LogP contribution in [-0.4, -0.2) is 32.2 Å². The summed E-state index contributed by atoms with van der Waals surface area (Å²) in [5.41, 5.74) is 2.80. The lowest BCUT2D eigenvalue weighted by Gasteiger charge is -2.19. The van der Waals surface area contributed by atoms with Gasteiger partial charge in [-0.1, -0.05) is 0 Å². The molecule has 104 valence electrons. The van der Waals surface area contributed by atoms with Crippen molar-refractivity contribution >= 4 is 11.7 Å². The van der Waals surface area contributed by atoms with Crippen molar-refractivity contribution in [3.05, 3.63) is 29.3 Å². The van der Waals surface area contributed by atoms with Gasteiger partial charge in [-0.2, -0.15) is 0 Å². The largest absolute Gasteiger partial charge is 0.465 e. The number of esters is 1. The molecule has 1 heterocycles. The van der Waals surface area contributed by atoms with Crippen LogP contribution in [0.15, 0.2) is 18.2 Å². The monoisotopic (exact) mass is 262 g/mol. The molecule has 0 bridgehead atoms. The molecule has 1 fully saturated rings. The maximum Gasteiger partial charge on any atom is 0.337 e. The third-order valence-electron chi connectivity index (χ3n) is 3.58. The van der Waals surface area contributed by atoms with Gasteiger partial charge in [0.2, 0.25) is 0 Å². The molecule has 19 heavy (non-hydrogen) atoms. The molecule has 4 nitrogen and oxygen atoms in total. The van der Waals surface area contributed by atoms with Crippen LogP contribution < -0.4 is 10.6 Å². The summed E-state index contributed by atoms with van der Waals surface area (Å²) in [4.78, 5) is 11.5. The van der Waals surface area contributed by atoms with E-state index in [0.29, 0.717) is 11.6 Å². The number of hydrogen-bond acceptors (Lipinski definition) is 4. The number of hydrogen-bond donors (Lipinski definition) is 2. The Morgan fingerprint density at radius 3 is 2.95 bits per heavy atom. The average Bonchev–Trinajstić information content (AvgIpc) is 2.68. The van der Waals surface area contributed by atoms with Crippen molar-refractivity contribution in [1.29, 1.82) is 0 Å². The van der Waals surface area contributed by atoms with Gasteiger partial charge in [-0.15, -0.1) is 0 Å². The summed E-state index contributed by atoms with van der Waals surface area (Å²) >= 11 is 0. The van der Waals surface area contributed by atoms with Crippen LogP contribution in [0, 0.1) is 6.92 Å². The summed E-state index contributed by atoms with van der Waals surface area (Å²) in [6.45, 7) is 4.19. The smallest absolute Gasteiger partial charge is 0.337 e. The minimum absolute atomic E-state index is 0.284. The van der Waals surface area contributed by atoms with Crippen molar-refractivity contribution in [3.63, 3.8) is 0 Å². The maximum absolute atomic E-state index is 11.5. The van der Waals surface area contributed by atoms with Crippen LogP contribution in [0.3, 0.4) is 0 Å². The van der Waals surface area contributed by atoms with E-state index in [9.17, 15) is 4.79 Å². The first-order valence-corrected chi connectivity index (χ1v) is 6.87. The molecule has 4 heteroatoms. The molecule has 2 rings (SSSR count). The van der Waals surface area contributed by atoms with Crippen LogP contribution in [0.5, 0.6) is 0 Å². The Morgan fingerprint density at radius 1 is 1.37 bits per heavy atom. The fourth-order valence-corrected chi connectivity index (χ4v) is 2.45. The van der Waals surface area contributed by atoms with Gasteiger partial charge in [0.05, 0.1) is 12.7 Å². The predicted octanol–water partition coefficient (Wildman–Crippen LogP) is 2.34. The van der Waals surface area contributed by atoms with Crippen LogP contribution in [0.1, 0.15) is 35.2 Å². The Balaban J connectivity index is 2.05. The summed E-state index contributed by atoms with van der Waals surface area (Å²) in [6.07, 6.45) is 3.53. The lowest BCUT2D eigenvalue weighted by molar-refractivity contribution is 0.0600. The van der Waals surface area contributed by atoms with Gasteiger partial charge in [0, 0.05) is 11.7 Å². The van der Waals surface area contributed by atoms with Gasteiger partial charge < -0.3 is 15.4 Å². The molecule has 1 aliphatic rings. The molecule has 0 radical (unpaired) electrons. The third kappa shape index (κ3) is 3.70. The molecule has 0 amide bonds. The van der Waals surface area contributed by atoms with Gasteiger partial charge in [0.1, 0.15) is 0 Å². The Hall–Kier alpha value is -1.55. The summed E-state index contributed by atoms with van der Waals surface area (Å²) in [5, 5.41) is 6.99. The van der Waals surface area contributed by atoms with Gasteiger partial charge >= 0.3 is 5.97 Å². The first-order chi connectivity index (χ1) is 9.20. The van der Waals surface area contributed by atoms with Crippen molar-refractivity contribution in [2.24, 2.45) is 0 Å². The number of benzene rings is 1. The first-order valence-electron chi connectivity index (χ1n) is 6.87. The summed E-state index contributed by atoms with van der Waals surface area (Å²) < 4.78 is 4.73. The summed E-state index contributed by atoms with van der Waals surface area (Å²) in [6, 6.07) is 6.18. The molecule has 0 saturated carbocycles. The molecule has 1 aromatic carbocycles. The predicted molar refractivity (Wildman–Crippen MR) is 76.6 cm³/mol. The van der Waals surface area contributed by atoms with Gasteiger partial charge in [-0.3, -0.25) is 0 Å². The molecular formula is C15H22N2O2. The summed E-state index contributed by atoms with van der Waals surface area (Å²) in [5.74, 6) is -0.284. The van der Waals surface area contributed by atoms with Crippen LogP contribution in [0.2, 0.25) is 0 Å². The van der Waals surface area contributed by atoms with Crippen molar-refractivity contribution in [2.45, 2.75) is 32.2 Å². The molecule has 0 aliphatic carbocycles. The molecule has 0 aromatic heterocycles. The second-order valence-corrected chi connectivity index (χ2v) is 5.04. The van der Waals surface area contributed by atoms with Crippen LogP contribution in [-0.2, 0) is 4.74 Å². The molecule has 1 unspecified atom stereocenters. The van der Waals surface area contributed by atoms with E-state index in [1.165, 1.54) is 20.0 Å². The van der Waals surface area contributed by atoms with E-state index in [1.54, 1.807) is 0 Å². The molecule has 0 spiro atoms. The van der Waals surface area contributed by atoms with Crippen LogP contribution in [0.25, 0.3) is 0 Å². The fourth-order valence-electron chi connectivity index (χ4n) is 2.45. The van der Waals surface area contributed by atoms with E-state index in [1.807, 2.05) is 25.1 Å². The molecular weight excluding hydrogens is 240 g/mol. The lowest BCUT2D eigenvalue weighted by atomic mass is 10.1. The SMILES string of the molecule is COC(=O)c1ccc(NC2CCCNCC2)c(C)c1.